The van der Waals surface area contributed by atoms with E-state index in [0.717, 1.165) is 11.3 Å². The molecule has 1 aliphatic rings. The van der Waals surface area contributed by atoms with Crippen LogP contribution < -0.4 is 19.5 Å². The highest BCUT2D eigenvalue weighted by Crippen LogP contribution is 2.32. The van der Waals surface area contributed by atoms with E-state index in [1.807, 2.05) is 30.3 Å². The maximum Gasteiger partial charge on any atom is 0.338 e. The average Bonchev–Trinajstić information content (AvgIpc) is 2.82. The van der Waals surface area contributed by atoms with Gasteiger partial charge in [-0.1, -0.05) is 30.3 Å². The molecule has 1 amide bonds. The van der Waals surface area contributed by atoms with E-state index in [-0.39, 0.29) is 0 Å². The van der Waals surface area contributed by atoms with E-state index in [2.05, 4.69) is 5.32 Å². The van der Waals surface area contributed by atoms with Crippen LogP contribution >= 0.6 is 0 Å². The predicted molar refractivity (Wildman–Crippen MR) is 114 cm³/mol. The van der Waals surface area contributed by atoms with Gasteiger partial charge in [-0.25, -0.2) is 4.79 Å². The van der Waals surface area contributed by atoms with Crippen molar-refractivity contribution in [3.63, 3.8) is 0 Å². The van der Waals surface area contributed by atoms with Crippen LogP contribution in [0.4, 0.5) is 5.69 Å². The minimum absolute atomic E-state index is 0.357. The van der Waals surface area contributed by atoms with Gasteiger partial charge in [0.05, 0.1) is 5.56 Å². The van der Waals surface area contributed by atoms with Crippen molar-refractivity contribution >= 4 is 17.6 Å². The summed E-state index contributed by atoms with van der Waals surface area (Å²) in [5.74, 6) is 0.950. The molecule has 1 aliphatic heterocycles. The van der Waals surface area contributed by atoms with Crippen LogP contribution in [-0.4, -0.2) is 31.7 Å². The van der Waals surface area contributed by atoms with Crippen molar-refractivity contribution in [3.05, 3.63) is 83.9 Å². The van der Waals surface area contributed by atoms with E-state index in [1.54, 1.807) is 42.5 Å². The van der Waals surface area contributed by atoms with Gasteiger partial charge >= 0.3 is 5.97 Å². The van der Waals surface area contributed by atoms with Crippen molar-refractivity contribution in [2.45, 2.75) is 6.61 Å². The Kier molecular flexibility index (Phi) is 6.32. The monoisotopic (exact) mass is 419 g/mol. The van der Waals surface area contributed by atoms with Crippen LogP contribution in [0.2, 0.25) is 0 Å². The molecule has 0 radical (unpaired) electrons. The van der Waals surface area contributed by atoms with E-state index < -0.39 is 18.5 Å². The smallest absolute Gasteiger partial charge is 0.338 e. The molecule has 7 heteroatoms. The Hall–Kier alpha value is -4.00. The lowest BCUT2D eigenvalue weighted by Gasteiger charge is -2.19. The summed E-state index contributed by atoms with van der Waals surface area (Å²) >= 11 is 0. The summed E-state index contributed by atoms with van der Waals surface area (Å²) in [6.45, 7) is 0.943. The molecule has 31 heavy (non-hydrogen) atoms. The fourth-order valence-corrected chi connectivity index (χ4v) is 2.95. The van der Waals surface area contributed by atoms with Gasteiger partial charge in [-0.2, -0.15) is 0 Å². The highest BCUT2D eigenvalue weighted by Gasteiger charge is 2.14. The van der Waals surface area contributed by atoms with Gasteiger partial charge in [-0.05, 0) is 42.0 Å². The summed E-state index contributed by atoms with van der Waals surface area (Å²) in [4.78, 5) is 24.3. The lowest BCUT2D eigenvalue weighted by atomic mass is 10.1. The van der Waals surface area contributed by atoms with Gasteiger partial charge in [0.1, 0.15) is 25.6 Å². The molecule has 0 spiro atoms. The Morgan fingerprint density at radius 2 is 1.61 bits per heavy atom. The molecule has 0 aromatic heterocycles. The molecule has 0 fully saturated rings. The number of hydrogen-bond acceptors (Lipinski definition) is 6. The minimum atomic E-state index is -0.576. The van der Waals surface area contributed by atoms with Gasteiger partial charge in [0.2, 0.25) is 0 Å². The largest absolute Gasteiger partial charge is 0.489 e. The van der Waals surface area contributed by atoms with Crippen molar-refractivity contribution in [3.8, 4) is 17.2 Å². The maximum absolute atomic E-state index is 12.2. The molecule has 0 saturated heterocycles. The number of hydrogen-bond donors (Lipinski definition) is 1. The molecule has 0 atom stereocenters. The molecular weight excluding hydrogens is 398 g/mol. The van der Waals surface area contributed by atoms with E-state index in [4.69, 9.17) is 18.9 Å². The third-order valence-corrected chi connectivity index (χ3v) is 4.50. The second kappa shape index (κ2) is 9.67. The standard InChI is InChI=1S/C24H21NO6/c26-23(25-19-10-11-21-22(14-19)29-13-12-28-21)16-31-24(27)18-8-6-17(7-9-18)15-30-20-4-2-1-3-5-20/h1-11,14H,12-13,15-16H2,(H,25,26). The Morgan fingerprint density at radius 3 is 2.39 bits per heavy atom. The highest BCUT2D eigenvalue weighted by atomic mass is 16.6. The number of benzene rings is 3. The number of para-hydroxylation sites is 1. The summed E-state index contributed by atoms with van der Waals surface area (Å²) in [6, 6.07) is 21.4. The van der Waals surface area contributed by atoms with E-state index in [0.29, 0.717) is 42.6 Å². The Labute approximate surface area is 179 Å². The molecule has 3 aromatic carbocycles. The zero-order valence-electron chi connectivity index (χ0n) is 16.7. The van der Waals surface area contributed by atoms with Gasteiger partial charge in [-0.15, -0.1) is 0 Å². The van der Waals surface area contributed by atoms with Crippen LogP contribution in [0.1, 0.15) is 15.9 Å². The molecule has 7 nitrogen and oxygen atoms in total. The van der Waals surface area contributed by atoms with Crippen LogP contribution in [0.15, 0.2) is 72.8 Å². The fourth-order valence-electron chi connectivity index (χ4n) is 2.95. The van der Waals surface area contributed by atoms with Gasteiger partial charge in [0, 0.05) is 11.8 Å². The van der Waals surface area contributed by atoms with Crippen LogP contribution in [0.3, 0.4) is 0 Å². The summed E-state index contributed by atoms with van der Waals surface area (Å²) in [7, 11) is 0. The number of ether oxygens (including phenoxy) is 4. The highest BCUT2D eigenvalue weighted by molar-refractivity contribution is 5.95. The summed E-state index contributed by atoms with van der Waals surface area (Å²) in [5.41, 5.74) is 1.81. The first-order valence-electron chi connectivity index (χ1n) is 9.81. The van der Waals surface area contributed by atoms with Crippen molar-refractivity contribution in [2.75, 3.05) is 25.1 Å². The van der Waals surface area contributed by atoms with E-state index >= 15 is 0 Å². The third kappa shape index (κ3) is 5.54. The van der Waals surface area contributed by atoms with Crippen molar-refractivity contribution in [1.29, 1.82) is 0 Å². The first kappa shape index (κ1) is 20.3. The minimum Gasteiger partial charge on any atom is -0.489 e. The summed E-state index contributed by atoms with van der Waals surface area (Å²) < 4.78 is 21.7. The van der Waals surface area contributed by atoms with Crippen LogP contribution in [0.5, 0.6) is 17.2 Å². The van der Waals surface area contributed by atoms with Gasteiger partial charge in [0.15, 0.2) is 18.1 Å². The number of fused-ring (bicyclic) bond motifs is 1. The van der Waals surface area contributed by atoms with Gasteiger partial charge in [-0.3, -0.25) is 4.79 Å². The molecule has 3 aromatic rings. The SMILES string of the molecule is O=C(COC(=O)c1ccc(COc2ccccc2)cc1)Nc1ccc2c(c1)OCCO2. The van der Waals surface area contributed by atoms with Gasteiger partial charge in [0.25, 0.3) is 5.91 Å². The molecule has 4 rings (SSSR count). The maximum atomic E-state index is 12.2. The predicted octanol–water partition coefficient (Wildman–Crippen LogP) is 3.83. The zero-order chi connectivity index (χ0) is 21.5. The lowest BCUT2D eigenvalue weighted by molar-refractivity contribution is -0.119. The molecule has 1 heterocycles. The molecule has 0 bridgehead atoms. The fraction of sp³-hybridized carbons (Fsp3) is 0.167. The topological polar surface area (TPSA) is 83.1 Å². The number of nitrogens with one attached hydrogen (secondary N) is 1. The van der Waals surface area contributed by atoms with Crippen LogP contribution in [0.25, 0.3) is 0 Å². The van der Waals surface area contributed by atoms with Gasteiger partial charge < -0.3 is 24.3 Å². The molecule has 0 saturated carbocycles. The Bertz CT molecular complexity index is 1050. The lowest BCUT2D eigenvalue weighted by Crippen LogP contribution is -2.21. The second-order valence-corrected chi connectivity index (χ2v) is 6.78. The molecule has 0 aliphatic carbocycles. The number of carbonyl (C=O) groups excluding carboxylic acids is 2. The van der Waals surface area contributed by atoms with Crippen molar-refractivity contribution < 1.29 is 28.5 Å². The normalized spacial score (nSPS) is 12.0. The van der Waals surface area contributed by atoms with Crippen LogP contribution in [-0.2, 0) is 16.1 Å². The first-order valence-corrected chi connectivity index (χ1v) is 9.81. The number of anilines is 1. The zero-order valence-corrected chi connectivity index (χ0v) is 16.7. The van der Waals surface area contributed by atoms with E-state index in [1.165, 1.54) is 0 Å². The number of esters is 1. The molecular formula is C24H21NO6. The molecule has 158 valence electrons. The van der Waals surface area contributed by atoms with Crippen LogP contribution in [0, 0.1) is 0 Å². The number of carbonyl (C=O) groups is 2. The van der Waals surface area contributed by atoms with E-state index in [9.17, 15) is 9.59 Å². The van der Waals surface area contributed by atoms with Crippen molar-refractivity contribution in [1.82, 2.24) is 0 Å². The number of rotatable bonds is 7. The Morgan fingerprint density at radius 1 is 0.871 bits per heavy atom. The average molecular weight is 419 g/mol. The second-order valence-electron chi connectivity index (χ2n) is 6.78. The Balaban J connectivity index is 1.25. The number of amides is 1. The summed E-state index contributed by atoms with van der Waals surface area (Å²) in [6.07, 6.45) is 0. The third-order valence-electron chi connectivity index (χ3n) is 4.50. The van der Waals surface area contributed by atoms with Crippen molar-refractivity contribution in [2.24, 2.45) is 0 Å². The molecule has 1 N–H and O–H groups in total. The molecule has 0 unspecified atom stereocenters. The summed E-state index contributed by atoms with van der Waals surface area (Å²) in [5, 5.41) is 2.67. The quantitative estimate of drug-likeness (QED) is 0.586. The first-order chi connectivity index (χ1) is 15.2.